The number of anilines is 1. The summed E-state index contributed by atoms with van der Waals surface area (Å²) >= 11 is 0. The van der Waals surface area contributed by atoms with E-state index in [1.165, 1.54) is 10.4 Å². The van der Waals surface area contributed by atoms with Crippen LogP contribution in [0.3, 0.4) is 0 Å². The van der Waals surface area contributed by atoms with Crippen LogP contribution in [0.5, 0.6) is 0 Å². The molecule has 1 fully saturated rings. The van der Waals surface area contributed by atoms with Crippen molar-refractivity contribution in [2.45, 2.75) is 24.3 Å². The molecule has 0 aliphatic carbocycles. The Bertz CT molecular complexity index is 547. The van der Waals surface area contributed by atoms with Gasteiger partial charge < -0.3 is 10.5 Å². The lowest BCUT2D eigenvalue weighted by Gasteiger charge is -2.33. The fraction of sp³-hybridized carbons (Fsp3) is 0.500. The van der Waals surface area contributed by atoms with Crippen LogP contribution in [0.25, 0.3) is 0 Å². The van der Waals surface area contributed by atoms with Crippen molar-refractivity contribution in [1.82, 2.24) is 4.31 Å². The number of hydrogen-bond acceptors (Lipinski definition) is 5. The number of aliphatic hydroxyl groups is 1. The summed E-state index contributed by atoms with van der Waals surface area (Å²) in [4.78, 5) is 0.138. The molecule has 2 unspecified atom stereocenters. The van der Waals surface area contributed by atoms with Crippen LogP contribution in [-0.4, -0.2) is 37.0 Å². The number of benzene rings is 1. The molecule has 2 rings (SSSR count). The van der Waals surface area contributed by atoms with E-state index in [-0.39, 0.29) is 17.4 Å². The van der Waals surface area contributed by atoms with Gasteiger partial charge in [-0.2, -0.15) is 4.31 Å². The van der Waals surface area contributed by atoms with E-state index < -0.39 is 16.1 Å². The van der Waals surface area contributed by atoms with Crippen molar-refractivity contribution in [1.29, 1.82) is 0 Å². The van der Waals surface area contributed by atoms with Crippen molar-refractivity contribution >= 4 is 15.7 Å². The van der Waals surface area contributed by atoms with Gasteiger partial charge in [0.2, 0.25) is 10.0 Å². The Morgan fingerprint density at radius 3 is 2.74 bits per heavy atom. The van der Waals surface area contributed by atoms with Gasteiger partial charge in [-0.3, -0.25) is 5.84 Å². The van der Waals surface area contributed by atoms with Crippen molar-refractivity contribution in [3.8, 4) is 0 Å². The topological polar surface area (TPSA) is 95.7 Å². The predicted octanol–water partition coefficient (Wildman–Crippen LogP) is 0.364. The van der Waals surface area contributed by atoms with Gasteiger partial charge in [0.25, 0.3) is 0 Å². The number of para-hydroxylation sites is 1. The first-order valence-electron chi connectivity index (χ1n) is 6.20. The molecule has 4 N–H and O–H groups in total. The SMILES string of the molecule is CC1CCN(S(=O)(=O)c2ccccc2NN)CC1O. The van der Waals surface area contributed by atoms with E-state index in [9.17, 15) is 13.5 Å². The van der Waals surface area contributed by atoms with Crippen LogP contribution in [0, 0.1) is 5.92 Å². The minimum atomic E-state index is -3.63. The largest absolute Gasteiger partial charge is 0.391 e. The summed E-state index contributed by atoms with van der Waals surface area (Å²) in [7, 11) is -3.63. The molecule has 1 aliphatic heterocycles. The zero-order valence-electron chi connectivity index (χ0n) is 10.8. The molecule has 0 radical (unpaired) electrons. The maximum Gasteiger partial charge on any atom is 0.245 e. The summed E-state index contributed by atoms with van der Waals surface area (Å²) in [6.07, 6.45) is 0.0278. The van der Waals surface area contributed by atoms with Crippen molar-refractivity contribution in [3.63, 3.8) is 0 Å². The second-order valence-corrected chi connectivity index (χ2v) is 6.74. The van der Waals surface area contributed by atoms with Crippen molar-refractivity contribution < 1.29 is 13.5 Å². The molecule has 2 atom stereocenters. The Kier molecular flexibility index (Phi) is 4.10. The van der Waals surface area contributed by atoms with Gasteiger partial charge in [-0.1, -0.05) is 19.1 Å². The molecule has 0 saturated carbocycles. The molecule has 1 aromatic rings. The van der Waals surface area contributed by atoms with E-state index in [0.29, 0.717) is 18.7 Å². The lowest BCUT2D eigenvalue weighted by atomic mass is 9.98. The molecule has 0 aromatic heterocycles. The molecule has 1 saturated heterocycles. The highest BCUT2D eigenvalue weighted by molar-refractivity contribution is 7.89. The molecule has 1 aliphatic rings. The summed E-state index contributed by atoms with van der Waals surface area (Å²) in [5.41, 5.74) is 2.75. The third-order valence-electron chi connectivity index (χ3n) is 3.54. The summed E-state index contributed by atoms with van der Waals surface area (Å²) in [5.74, 6) is 5.46. The standard InChI is InChI=1S/C12H19N3O3S/c1-9-6-7-15(8-11(9)16)19(17,18)12-5-3-2-4-10(12)14-13/h2-5,9,11,14,16H,6-8,13H2,1H3. The number of β-amino-alcohol motifs (C(OH)–C–C–N with tert-alkyl or cyclic N) is 1. The summed E-state index contributed by atoms with van der Waals surface area (Å²) in [5, 5.41) is 9.84. The number of piperidine rings is 1. The number of sulfonamides is 1. The van der Waals surface area contributed by atoms with Gasteiger partial charge >= 0.3 is 0 Å². The van der Waals surface area contributed by atoms with Crippen molar-refractivity contribution in [2.75, 3.05) is 18.5 Å². The normalized spacial score (nSPS) is 25.2. The number of rotatable bonds is 3. The molecule has 1 aromatic carbocycles. The molecule has 0 spiro atoms. The maximum atomic E-state index is 12.5. The highest BCUT2D eigenvalue weighted by atomic mass is 32.2. The minimum absolute atomic E-state index is 0.120. The fourth-order valence-electron chi connectivity index (χ4n) is 2.19. The van der Waals surface area contributed by atoms with E-state index in [4.69, 9.17) is 5.84 Å². The van der Waals surface area contributed by atoms with Gasteiger partial charge in [0.1, 0.15) is 4.90 Å². The van der Waals surface area contributed by atoms with Crippen LogP contribution < -0.4 is 11.3 Å². The van der Waals surface area contributed by atoms with Gasteiger partial charge in [0, 0.05) is 13.1 Å². The average molecular weight is 285 g/mol. The zero-order chi connectivity index (χ0) is 14.0. The van der Waals surface area contributed by atoms with Crippen LogP contribution in [0.1, 0.15) is 13.3 Å². The Hall–Kier alpha value is -1.15. The minimum Gasteiger partial charge on any atom is -0.391 e. The Morgan fingerprint density at radius 2 is 2.11 bits per heavy atom. The first-order chi connectivity index (χ1) is 8.96. The monoisotopic (exact) mass is 285 g/mol. The first kappa shape index (κ1) is 14.3. The summed E-state index contributed by atoms with van der Waals surface area (Å²) in [6, 6.07) is 6.48. The van der Waals surface area contributed by atoms with Crippen molar-refractivity contribution in [3.05, 3.63) is 24.3 Å². The number of aliphatic hydroxyl groups excluding tert-OH is 1. The van der Waals surface area contributed by atoms with Crippen LogP contribution in [0.2, 0.25) is 0 Å². The van der Waals surface area contributed by atoms with Crippen LogP contribution in [-0.2, 0) is 10.0 Å². The Balaban J connectivity index is 2.32. The van der Waals surface area contributed by atoms with Gasteiger partial charge in [0.15, 0.2) is 0 Å². The van der Waals surface area contributed by atoms with E-state index in [1.54, 1.807) is 18.2 Å². The first-order valence-corrected chi connectivity index (χ1v) is 7.64. The third-order valence-corrected chi connectivity index (χ3v) is 5.47. The van der Waals surface area contributed by atoms with Gasteiger partial charge in [-0.05, 0) is 24.5 Å². The van der Waals surface area contributed by atoms with E-state index in [2.05, 4.69) is 5.43 Å². The molecule has 0 amide bonds. The second-order valence-electron chi connectivity index (χ2n) is 4.84. The van der Waals surface area contributed by atoms with Crippen LogP contribution >= 0.6 is 0 Å². The number of nitrogen functional groups attached to an aromatic ring is 1. The maximum absolute atomic E-state index is 12.5. The molecule has 7 heteroatoms. The lowest BCUT2D eigenvalue weighted by molar-refractivity contribution is 0.0605. The Labute approximate surface area is 113 Å². The predicted molar refractivity (Wildman–Crippen MR) is 72.8 cm³/mol. The molecular formula is C12H19N3O3S. The third kappa shape index (κ3) is 2.74. The number of hydrogen-bond donors (Lipinski definition) is 3. The number of nitrogens with two attached hydrogens (primary N) is 1. The van der Waals surface area contributed by atoms with E-state index in [0.717, 1.165) is 0 Å². The molecule has 19 heavy (non-hydrogen) atoms. The fourth-order valence-corrected chi connectivity index (χ4v) is 3.82. The van der Waals surface area contributed by atoms with E-state index >= 15 is 0 Å². The Morgan fingerprint density at radius 1 is 1.42 bits per heavy atom. The smallest absolute Gasteiger partial charge is 0.245 e. The van der Waals surface area contributed by atoms with Crippen LogP contribution in [0.4, 0.5) is 5.69 Å². The lowest BCUT2D eigenvalue weighted by Crippen LogP contribution is -2.45. The molecule has 6 nitrogen and oxygen atoms in total. The second kappa shape index (κ2) is 5.46. The molecular weight excluding hydrogens is 266 g/mol. The molecule has 0 bridgehead atoms. The molecule has 106 valence electrons. The number of nitrogens with zero attached hydrogens (tertiary/aromatic N) is 1. The highest BCUT2D eigenvalue weighted by Crippen LogP contribution is 2.27. The zero-order valence-corrected chi connectivity index (χ0v) is 11.6. The number of hydrazine groups is 1. The van der Waals surface area contributed by atoms with Crippen LogP contribution in [0.15, 0.2) is 29.2 Å². The summed E-state index contributed by atoms with van der Waals surface area (Å²) in [6.45, 7) is 2.46. The summed E-state index contributed by atoms with van der Waals surface area (Å²) < 4.78 is 26.4. The van der Waals surface area contributed by atoms with Gasteiger partial charge in [-0.15, -0.1) is 0 Å². The van der Waals surface area contributed by atoms with Crippen molar-refractivity contribution in [2.24, 2.45) is 11.8 Å². The highest BCUT2D eigenvalue weighted by Gasteiger charge is 2.33. The van der Waals surface area contributed by atoms with E-state index in [1.807, 2.05) is 6.92 Å². The quantitative estimate of drug-likeness (QED) is 0.550. The number of nitrogens with one attached hydrogen (secondary N) is 1. The molecule has 1 heterocycles. The van der Waals surface area contributed by atoms with Gasteiger partial charge in [0.05, 0.1) is 11.8 Å². The average Bonchev–Trinajstić information content (AvgIpc) is 2.41. The van der Waals surface area contributed by atoms with Gasteiger partial charge in [-0.25, -0.2) is 8.42 Å².